The Hall–Kier alpha value is -4.91. The van der Waals surface area contributed by atoms with Gasteiger partial charge in [0.05, 0.1) is 23.9 Å². The number of nitrogens with zero attached hydrogens (tertiary/aromatic N) is 1. The highest BCUT2D eigenvalue weighted by atomic mass is 16.5. The van der Waals surface area contributed by atoms with Crippen LogP contribution in [0.3, 0.4) is 0 Å². The predicted octanol–water partition coefficient (Wildman–Crippen LogP) is 6.18. The van der Waals surface area contributed by atoms with Crippen molar-refractivity contribution in [3.63, 3.8) is 0 Å². The van der Waals surface area contributed by atoms with Crippen molar-refractivity contribution < 1.29 is 23.9 Å². The Labute approximate surface area is 220 Å². The lowest BCUT2D eigenvalue weighted by Gasteiger charge is -2.26. The van der Waals surface area contributed by atoms with E-state index in [-0.39, 0.29) is 11.0 Å². The highest BCUT2D eigenvalue weighted by Gasteiger charge is 2.37. The van der Waals surface area contributed by atoms with Crippen molar-refractivity contribution in [3.8, 4) is 17.2 Å². The first-order valence-corrected chi connectivity index (χ1v) is 12.1. The third-order valence-electron chi connectivity index (χ3n) is 6.81. The topological polar surface area (TPSA) is 84.9 Å². The molecule has 0 spiro atoms. The number of hydrogen-bond donors (Lipinski definition) is 1. The molecule has 0 saturated carbocycles. The van der Waals surface area contributed by atoms with Crippen LogP contribution in [0.2, 0.25) is 0 Å². The summed E-state index contributed by atoms with van der Waals surface area (Å²) in [6.45, 7) is 4.31. The quantitative estimate of drug-likeness (QED) is 0.228. The third-order valence-corrected chi connectivity index (χ3v) is 6.81. The molecule has 190 valence electrons. The summed E-state index contributed by atoms with van der Waals surface area (Å²) in [5, 5.41) is 2.53. The second-order valence-corrected chi connectivity index (χ2v) is 9.45. The lowest BCUT2D eigenvalue weighted by molar-refractivity contribution is -0.105. The van der Waals surface area contributed by atoms with Crippen molar-refractivity contribution in [2.45, 2.75) is 19.3 Å². The van der Waals surface area contributed by atoms with Crippen LogP contribution >= 0.6 is 0 Å². The molecule has 7 heteroatoms. The van der Waals surface area contributed by atoms with Gasteiger partial charge in [-0.3, -0.25) is 14.4 Å². The third kappa shape index (κ3) is 4.50. The predicted molar refractivity (Wildman–Crippen MR) is 145 cm³/mol. The molecule has 7 nitrogen and oxygen atoms in total. The summed E-state index contributed by atoms with van der Waals surface area (Å²) < 4.78 is 11.3. The molecule has 1 aliphatic rings. The van der Waals surface area contributed by atoms with E-state index in [1.54, 1.807) is 49.6 Å². The zero-order valence-corrected chi connectivity index (χ0v) is 21.2. The maximum Gasteiger partial charge on any atom is 0.266 e. The van der Waals surface area contributed by atoms with Gasteiger partial charge in [0.1, 0.15) is 17.2 Å². The zero-order chi connectivity index (χ0) is 26.9. The molecular formula is C31H26N2O5. The fraction of sp³-hybridized carbons (Fsp3) is 0.129. The molecule has 0 saturated heterocycles. The molecule has 0 bridgehead atoms. The molecule has 1 heterocycles. The molecule has 0 aliphatic carbocycles. The Morgan fingerprint density at radius 1 is 0.737 bits per heavy atom. The van der Waals surface area contributed by atoms with Crippen LogP contribution < -0.4 is 19.7 Å². The Bertz CT molecular complexity index is 1530. The molecule has 1 N–H and O–H groups in total. The maximum atomic E-state index is 13.2. The SMILES string of the molecule is COc1ccc(C(C)(C)c2ccc(Oc3ccc4c(c3)C(=O)N(c3cccc(NC=O)c3)C4=O)cc2)cc1. The van der Waals surface area contributed by atoms with Gasteiger partial charge >= 0.3 is 0 Å². The summed E-state index contributed by atoms with van der Waals surface area (Å²) in [7, 11) is 1.65. The number of imide groups is 1. The summed E-state index contributed by atoms with van der Waals surface area (Å²) in [6.07, 6.45) is 0.539. The normalized spacial score (nSPS) is 12.8. The van der Waals surface area contributed by atoms with E-state index in [1.807, 2.05) is 36.4 Å². The number of hydrogen-bond acceptors (Lipinski definition) is 5. The molecule has 3 amide bonds. The lowest BCUT2D eigenvalue weighted by Crippen LogP contribution is -2.29. The Kier molecular flexibility index (Phi) is 6.43. The molecule has 1 aliphatic heterocycles. The number of nitrogens with one attached hydrogen (secondary N) is 1. The smallest absolute Gasteiger partial charge is 0.266 e. The highest BCUT2D eigenvalue weighted by Crippen LogP contribution is 2.36. The zero-order valence-electron chi connectivity index (χ0n) is 21.2. The second-order valence-electron chi connectivity index (χ2n) is 9.45. The Morgan fingerprint density at radius 3 is 1.97 bits per heavy atom. The number of carbonyl (C=O) groups excluding carboxylic acids is 3. The van der Waals surface area contributed by atoms with Gasteiger partial charge in [-0.2, -0.15) is 0 Å². The summed E-state index contributed by atoms with van der Waals surface area (Å²) in [4.78, 5) is 38.0. The van der Waals surface area contributed by atoms with E-state index >= 15 is 0 Å². The highest BCUT2D eigenvalue weighted by molar-refractivity contribution is 6.34. The minimum absolute atomic E-state index is 0.229. The number of carbonyl (C=O) groups is 3. The first-order chi connectivity index (χ1) is 18.3. The van der Waals surface area contributed by atoms with Gasteiger partial charge in [-0.1, -0.05) is 44.2 Å². The number of rotatable bonds is 8. The number of anilines is 2. The summed E-state index contributed by atoms with van der Waals surface area (Å²) in [6, 6.07) is 27.2. The number of methoxy groups -OCH3 is 1. The monoisotopic (exact) mass is 506 g/mol. The fourth-order valence-electron chi connectivity index (χ4n) is 4.57. The van der Waals surface area contributed by atoms with Gasteiger partial charge in [-0.25, -0.2) is 4.90 Å². The van der Waals surface area contributed by atoms with Gasteiger partial charge in [0.2, 0.25) is 6.41 Å². The van der Waals surface area contributed by atoms with Crippen LogP contribution in [0.5, 0.6) is 17.2 Å². The van der Waals surface area contributed by atoms with Crippen LogP contribution in [0.25, 0.3) is 0 Å². The molecule has 4 aromatic rings. The number of ether oxygens (including phenoxy) is 2. The van der Waals surface area contributed by atoms with E-state index in [0.717, 1.165) is 21.8 Å². The van der Waals surface area contributed by atoms with Gasteiger partial charge in [-0.05, 0) is 71.8 Å². The van der Waals surface area contributed by atoms with Crippen LogP contribution in [-0.4, -0.2) is 25.3 Å². The molecular weight excluding hydrogens is 480 g/mol. The summed E-state index contributed by atoms with van der Waals surface area (Å²) >= 11 is 0. The van der Waals surface area contributed by atoms with Crippen molar-refractivity contribution >= 4 is 29.6 Å². The maximum absolute atomic E-state index is 13.2. The summed E-state index contributed by atoms with van der Waals surface area (Å²) in [5.41, 5.74) is 3.47. The second kappa shape index (κ2) is 9.86. The molecule has 0 atom stereocenters. The average Bonchev–Trinajstić information content (AvgIpc) is 3.18. The minimum atomic E-state index is -0.449. The Morgan fingerprint density at radius 2 is 1.34 bits per heavy atom. The van der Waals surface area contributed by atoms with E-state index in [2.05, 4.69) is 31.3 Å². The van der Waals surface area contributed by atoms with Crippen molar-refractivity contribution in [3.05, 3.63) is 113 Å². The van der Waals surface area contributed by atoms with E-state index in [0.29, 0.717) is 34.8 Å². The molecule has 0 aromatic heterocycles. The van der Waals surface area contributed by atoms with Crippen molar-refractivity contribution in [1.82, 2.24) is 0 Å². The molecule has 0 fully saturated rings. The molecule has 4 aromatic carbocycles. The Balaban J connectivity index is 1.35. The van der Waals surface area contributed by atoms with Gasteiger partial charge < -0.3 is 14.8 Å². The lowest BCUT2D eigenvalue weighted by atomic mass is 9.78. The van der Waals surface area contributed by atoms with E-state index in [9.17, 15) is 14.4 Å². The van der Waals surface area contributed by atoms with Crippen LogP contribution in [0.4, 0.5) is 11.4 Å². The van der Waals surface area contributed by atoms with E-state index in [1.165, 1.54) is 0 Å². The van der Waals surface area contributed by atoms with Gasteiger partial charge in [0, 0.05) is 11.1 Å². The van der Waals surface area contributed by atoms with Crippen LogP contribution in [-0.2, 0) is 10.2 Å². The van der Waals surface area contributed by atoms with Crippen LogP contribution in [0.1, 0.15) is 45.7 Å². The van der Waals surface area contributed by atoms with Crippen LogP contribution in [0.15, 0.2) is 91.0 Å². The number of fused-ring (bicyclic) bond motifs is 1. The minimum Gasteiger partial charge on any atom is -0.497 e. The van der Waals surface area contributed by atoms with Crippen molar-refractivity contribution in [2.24, 2.45) is 0 Å². The average molecular weight is 507 g/mol. The first-order valence-electron chi connectivity index (χ1n) is 12.1. The largest absolute Gasteiger partial charge is 0.497 e. The number of amides is 3. The molecule has 5 rings (SSSR count). The van der Waals surface area contributed by atoms with E-state index < -0.39 is 11.8 Å². The van der Waals surface area contributed by atoms with Gasteiger partial charge in [0.15, 0.2) is 0 Å². The number of benzene rings is 4. The van der Waals surface area contributed by atoms with E-state index in [4.69, 9.17) is 9.47 Å². The van der Waals surface area contributed by atoms with Crippen molar-refractivity contribution in [2.75, 3.05) is 17.3 Å². The van der Waals surface area contributed by atoms with Gasteiger partial charge in [0.25, 0.3) is 11.8 Å². The van der Waals surface area contributed by atoms with Crippen LogP contribution in [0, 0.1) is 0 Å². The molecule has 38 heavy (non-hydrogen) atoms. The van der Waals surface area contributed by atoms with Gasteiger partial charge in [-0.15, -0.1) is 0 Å². The fourth-order valence-corrected chi connectivity index (χ4v) is 4.57. The summed E-state index contributed by atoms with van der Waals surface area (Å²) in [5.74, 6) is 1.00. The standard InChI is InChI=1S/C31H26N2O5/c1-31(2,20-7-11-24(37-3)12-8-20)21-9-13-25(14-10-21)38-26-15-16-27-28(18-26)30(36)33(29(27)35)23-6-4-5-22(17-23)32-19-34/h4-19H,1-3H3,(H,32,34). The molecule has 0 radical (unpaired) electrons. The van der Waals surface area contributed by atoms with Crippen molar-refractivity contribution in [1.29, 1.82) is 0 Å². The molecule has 0 unspecified atom stereocenters. The first kappa shape index (κ1) is 24.8.